The van der Waals surface area contributed by atoms with Crippen LogP contribution in [0.25, 0.3) is 22.3 Å². The van der Waals surface area contributed by atoms with E-state index in [4.69, 9.17) is 0 Å². The first-order chi connectivity index (χ1) is 14.4. The molecule has 0 aliphatic rings. The van der Waals surface area contributed by atoms with Crippen LogP contribution < -0.4 is 0 Å². The molecule has 0 radical (unpaired) electrons. The summed E-state index contributed by atoms with van der Waals surface area (Å²) in [6.45, 7) is 22.2. The molecule has 0 amide bonds. The first-order valence-electron chi connectivity index (χ1n) is 11.6. The van der Waals surface area contributed by atoms with Crippen LogP contribution >= 0.6 is 0 Å². The van der Waals surface area contributed by atoms with E-state index in [0.717, 1.165) is 0 Å². The Kier molecular flexibility index (Phi) is 25.6. The fourth-order valence-corrected chi connectivity index (χ4v) is 2.50. The summed E-state index contributed by atoms with van der Waals surface area (Å²) in [5, 5.41) is 0. The number of benzene rings is 3. The summed E-state index contributed by atoms with van der Waals surface area (Å²) in [5.74, 6) is 0. The molecule has 3 aromatic carbocycles. The molecule has 0 heteroatoms. The topological polar surface area (TPSA) is 0 Å². The van der Waals surface area contributed by atoms with Crippen molar-refractivity contribution in [1.82, 2.24) is 0 Å². The normalized spacial score (nSPS) is 7.83. The minimum atomic E-state index is 1.28. The highest BCUT2D eigenvalue weighted by atomic mass is 14.1. The van der Waals surface area contributed by atoms with Gasteiger partial charge in [0.15, 0.2) is 0 Å². The van der Waals surface area contributed by atoms with Crippen molar-refractivity contribution in [2.75, 3.05) is 0 Å². The van der Waals surface area contributed by atoms with E-state index in [2.05, 4.69) is 85.8 Å². The average molecular weight is 395 g/mol. The minimum Gasteiger partial charge on any atom is -0.0683 e. The molecule has 0 unspecified atom stereocenters. The third-order valence-electron chi connectivity index (χ3n) is 3.50. The Bertz CT molecular complexity index is 609. The van der Waals surface area contributed by atoms with Crippen LogP contribution in [0.4, 0.5) is 0 Å². The molecule has 0 fully saturated rings. The van der Waals surface area contributed by atoms with E-state index >= 15 is 0 Å². The van der Waals surface area contributed by atoms with Crippen molar-refractivity contribution in [1.29, 1.82) is 0 Å². The lowest BCUT2D eigenvalue weighted by Crippen LogP contribution is -1.87. The van der Waals surface area contributed by atoms with Gasteiger partial charge in [-0.3, -0.25) is 0 Å². The van der Waals surface area contributed by atoms with Gasteiger partial charge in [0.05, 0.1) is 0 Å². The molecule has 0 aliphatic carbocycles. The van der Waals surface area contributed by atoms with Gasteiger partial charge < -0.3 is 0 Å². The van der Waals surface area contributed by atoms with Crippen LogP contribution in [0.15, 0.2) is 78.9 Å². The van der Waals surface area contributed by atoms with Gasteiger partial charge in [0.1, 0.15) is 0 Å². The lowest BCUT2D eigenvalue weighted by Gasteiger charge is -2.11. The van der Waals surface area contributed by atoms with Crippen LogP contribution in [0.1, 0.15) is 74.8 Å². The monoisotopic (exact) mass is 394 g/mol. The predicted octanol–water partition coefficient (Wildman–Crippen LogP) is 10.5. The molecule has 0 bridgehead atoms. The van der Waals surface area contributed by atoms with E-state index in [1.807, 2.05) is 69.2 Å². The highest BCUT2D eigenvalue weighted by molar-refractivity contribution is 5.78. The quantitative estimate of drug-likeness (QED) is 0.405. The lowest BCUT2D eigenvalue weighted by atomic mass is 9.93. The molecule has 0 heterocycles. The second-order valence-electron chi connectivity index (χ2n) is 4.71. The summed E-state index contributed by atoms with van der Waals surface area (Å²) in [6.07, 6.45) is 0. The van der Waals surface area contributed by atoms with Crippen LogP contribution in [0, 0.1) is 6.92 Å². The first-order valence-corrected chi connectivity index (χ1v) is 11.6. The van der Waals surface area contributed by atoms with Gasteiger partial charge in [-0.15, -0.1) is 0 Å². The zero-order chi connectivity index (χ0) is 23.1. The van der Waals surface area contributed by atoms with Gasteiger partial charge in [-0.1, -0.05) is 148 Å². The largest absolute Gasteiger partial charge is 0.0683 e. The molecule has 0 aliphatic heterocycles. The zero-order valence-corrected chi connectivity index (χ0v) is 21.0. The van der Waals surface area contributed by atoms with Crippen LogP contribution in [0.3, 0.4) is 0 Å². The fourth-order valence-electron chi connectivity index (χ4n) is 2.50. The third kappa shape index (κ3) is 11.3. The Morgan fingerprint density at radius 2 is 0.621 bits per heavy atom. The highest BCUT2D eigenvalue weighted by Gasteiger charge is 2.06. The summed E-state index contributed by atoms with van der Waals surface area (Å²) in [4.78, 5) is 0. The predicted molar refractivity (Wildman–Crippen MR) is 139 cm³/mol. The number of rotatable bonds is 2. The molecule has 0 nitrogen and oxygen atoms in total. The Morgan fingerprint density at radius 1 is 0.345 bits per heavy atom. The molecule has 162 valence electrons. The van der Waals surface area contributed by atoms with E-state index in [0.29, 0.717) is 0 Å². The second-order valence-corrected chi connectivity index (χ2v) is 4.71. The van der Waals surface area contributed by atoms with E-state index in [1.165, 1.54) is 27.8 Å². The standard InChI is InChI=1S/C19H16.5C2H6/c1-15-18(16-9-4-2-5-10-16)13-8-14-19(15)17-11-6-3-7-12-17;5*1-2/h2-14H,1H3;5*1-2H3. The summed E-state index contributed by atoms with van der Waals surface area (Å²) in [5.41, 5.74) is 6.50. The van der Waals surface area contributed by atoms with Gasteiger partial charge in [0.2, 0.25) is 0 Å². The van der Waals surface area contributed by atoms with Crippen molar-refractivity contribution >= 4 is 0 Å². The number of hydrogen-bond acceptors (Lipinski definition) is 0. The molecule has 29 heavy (non-hydrogen) atoms. The van der Waals surface area contributed by atoms with Gasteiger partial charge in [-0.25, -0.2) is 0 Å². The molecule has 0 saturated carbocycles. The maximum Gasteiger partial charge on any atom is -0.0149 e. The van der Waals surface area contributed by atoms with E-state index in [9.17, 15) is 0 Å². The smallest absolute Gasteiger partial charge is 0.0149 e. The van der Waals surface area contributed by atoms with E-state index < -0.39 is 0 Å². The van der Waals surface area contributed by atoms with Crippen molar-refractivity contribution in [2.45, 2.75) is 76.2 Å². The molecule has 0 atom stereocenters. The van der Waals surface area contributed by atoms with Gasteiger partial charge in [0, 0.05) is 0 Å². The summed E-state index contributed by atoms with van der Waals surface area (Å²) in [7, 11) is 0. The maximum absolute atomic E-state index is 2.20. The van der Waals surface area contributed by atoms with Crippen LogP contribution in [0.5, 0.6) is 0 Å². The molecule has 3 rings (SSSR count). The fraction of sp³-hybridized carbons (Fsp3) is 0.379. The van der Waals surface area contributed by atoms with Crippen molar-refractivity contribution in [3.05, 3.63) is 84.4 Å². The molecular formula is C29H46. The highest BCUT2D eigenvalue weighted by Crippen LogP contribution is 2.31. The molecular weight excluding hydrogens is 348 g/mol. The minimum absolute atomic E-state index is 1.28. The van der Waals surface area contributed by atoms with Crippen LogP contribution in [0.2, 0.25) is 0 Å². The number of hydrogen-bond donors (Lipinski definition) is 0. The Hall–Kier alpha value is -2.34. The van der Waals surface area contributed by atoms with Crippen molar-refractivity contribution in [3.63, 3.8) is 0 Å². The van der Waals surface area contributed by atoms with Gasteiger partial charge >= 0.3 is 0 Å². The molecule has 3 aromatic rings. The molecule has 0 spiro atoms. The third-order valence-corrected chi connectivity index (χ3v) is 3.50. The lowest BCUT2D eigenvalue weighted by molar-refractivity contribution is 1.45. The zero-order valence-electron chi connectivity index (χ0n) is 21.0. The maximum atomic E-state index is 2.20. The second kappa shape index (κ2) is 23.7. The average Bonchev–Trinajstić information content (AvgIpc) is 2.87. The molecule has 0 N–H and O–H groups in total. The Morgan fingerprint density at radius 3 is 0.897 bits per heavy atom. The van der Waals surface area contributed by atoms with Crippen LogP contribution in [-0.4, -0.2) is 0 Å². The van der Waals surface area contributed by atoms with Gasteiger partial charge in [0.25, 0.3) is 0 Å². The molecule has 0 aromatic heterocycles. The summed E-state index contributed by atoms with van der Waals surface area (Å²) >= 11 is 0. The first kappa shape index (κ1) is 31.4. The summed E-state index contributed by atoms with van der Waals surface area (Å²) in [6, 6.07) is 27.6. The van der Waals surface area contributed by atoms with Crippen molar-refractivity contribution in [2.24, 2.45) is 0 Å². The Labute approximate surface area is 183 Å². The van der Waals surface area contributed by atoms with Crippen molar-refractivity contribution < 1.29 is 0 Å². The van der Waals surface area contributed by atoms with Crippen molar-refractivity contribution in [3.8, 4) is 22.3 Å². The molecule has 0 saturated heterocycles. The van der Waals surface area contributed by atoms with Gasteiger partial charge in [-0.2, -0.15) is 0 Å². The van der Waals surface area contributed by atoms with E-state index in [1.54, 1.807) is 0 Å². The van der Waals surface area contributed by atoms with Gasteiger partial charge in [-0.05, 0) is 34.7 Å². The van der Waals surface area contributed by atoms with E-state index in [-0.39, 0.29) is 0 Å². The Balaban J connectivity index is -0.000000594. The SMILES string of the molecule is CC.CC.CC.CC.CC.Cc1c(-c2ccccc2)cccc1-c1ccccc1. The summed E-state index contributed by atoms with van der Waals surface area (Å²) < 4.78 is 0. The van der Waals surface area contributed by atoms with Crippen LogP contribution in [-0.2, 0) is 0 Å².